The predicted octanol–water partition coefficient (Wildman–Crippen LogP) is -0.894. The van der Waals surface area contributed by atoms with E-state index in [1.807, 2.05) is 4.72 Å². The van der Waals surface area contributed by atoms with Gasteiger partial charge in [-0.05, 0) is 6.92 Å². The number of imidazole rings is 1. The molecule has 0 aliphatic heterocycles. The van der Waals surface area contributed by atoms with Crippen molar-refractivity contribution in [1.82, 2.24) is 14.3 Å². The van der Waals surface area contributed by atoms with Crippen molar-refractivity contribution >= 4 is 16.0 Å². The fourth-order valence-corrected chi connectivity index (χ4v) is 2.44. The molecule has 0 fully saturated rings. The maximum atomic E-state index is 11.9. The van der Waals surface area contributed by atoms with Crippen molar-refractivity contribution in [2.45, 2.75) is 18.0 Å². The molecule has 1 aromatic heterocycles. The minimum Gasteiger partial charge on any atom is -0.480 e. The number of ether oxygens (including phenoxy) is 1. The number of aliphatic carboxylic acids is 1. The standard InChI is InChI=1S/C9H15N3O5S/c1-6-10-8(4-12(6)2)18(15,16)11-7(5-17-3)9(13)14/h4,7,11H,5H2,1-3H3,(H,13,14). The Labute approximate surface area is 105 Å². The van der Waals surface area contributed by atoms with Crippen molar-refractivity contribution in [1.29, 1.82) is 0 Å². The molecule has 1 unspecified atom stereocenters. The molecule has 1 heterocycles. The lowest BCUT2D eigenvalue weighted by molar-refractivity contribution is -0.140. The summed E-state index contributed by atoms with van der Waals surface area (Å²) in [7, 11) is -1.04. The van der Waals surface area contributed by atoms with Gasteiger partial charge >= 0.3 is 5.97 Å². The smallest absolute Gasteiger partial charge is 0.324 e. The number of carbonyl (C=O) groups is 1. The Hall–Kier alpha value is -1.45. The van der Waals surface area contributed by atoms with E-state index < -0.39 is 22.0 Å². The first kappa shape index (κ1) is 14.6. The zero-order valence-electron chi connectivity index (χ0n) is 10.2. The normalized spacial score (nSPS) is 13.5. The highest BCUT2D eigenvalue weighted by Gasteiger charge is 2.27. The molecule has 0 spiro atoms. The van der Waals surface area contributed by atoms with Crippen LogP contribution in [0.15, 0.2) is 11.2 Å². The maximum Gasteiger partial charge on any atom is 0.324 e. The average molecular weight is 277 g/mol. The molecule has 0 saturated carbocycles. The van der Waals surface area contributed by atoms with E-state index in [0.29, 0.717) is 5.82 Å². The van der Waals surface area contributed by atoms with Crippen LogP contribution in [0.25, 0.3) is 0 Å². The SMILES string of the molecule is COCC(NS(=O)(=O)c1cn(C)c(C)n1)C(=O)O. The lowest BCUT2D eigenvalue weighted by Crippen LogP contribution is -2.43. The fourth-order valence-electron chi connectivity index (χ4n) is 1.23. The lowest BCUT2D eigenvalue weighted by atomic mass is 10.3. The summed E-state index contributed by atoms with van der Waals surface area (Å²) in [4.78, 5) is 14.7. The van der Waals surface area contributed by atoms with Gasteiger partial charge in [0.2, 0.25) is 0 Å². The van der Waals surface area contributed by atoms with Crippen molar-refractivity contribution in [3.63, 3.8) is 0 Å². The third kappa shape index (κ3) is 3.28. The summed E-state index contributed by atoms with van der Waals surface area (Å²) in [5, 5.41) is 8.62. The van der Waals surface area contributed by atoms with E-state index in [1.165, 1.54) is 17.9 Å². The van der Waals surface area contributed by atoms with Crippen LogP contribution < -0.4 is 4.72 Å². The van der Waals surface area contributed by atoms with E-state index in [0.717, 1.165) is 0 Å². The van der Waals surface area contributed by atoms with Gasteiger partial charge in [0, 0.05) is 20.4 Å². The Morgan fingerprint density at radius 3 is 2.67 bits per heavy atom. The van der Waals surface area contributed by atoms with Gasteiger partial charge in [-0.1, -0.05) is 0 Å². The topological polar surface area (TPSA) is 111 Å². The highest BCUT2D eigenvalue weighted by Crippen LogP contribution is 2.08. The number of hydrogen-bond donors (Lipinski definition) is 2. The van der Waals surface area contributed by atoms with Crippen LogP contribution in [0, 0.1) is 6.92 Å². The number of carboxylic acid groups (broad SMARTS) is 1. The zero-order valence-corrected chi connectivity index (χ0v) is 11.1. The first-order valence-corrected chi connectivity index (χ1v) is 6.50. The Morgan fingerprint density at radius 2 is 2.28 bits per heavy atom. The van der Waals surface area contributed by atoms with E-state index in [9.17, 15) is 13.2 Å². The highest BCUT2D eigenvalue weighted by molar-refractivity contribution is 7.89. The second kappa shape index (κ2) is 5.46. The molecule has 0 radical (unpaired) electrons. The summed E-state index contributed by atoms with van der Waals surface area (Å²) in [5.41, 5.74) is 0. The maximum absolute atomic E-state index is 11.9. The average Bonchev–Trinajstić information content (AvgIpc) is 2.59. The number of methoxy groups -OCH3 is 1. The summed E-state index contributed by atoms with van der Waals surface area (Å²) < 4.78 is 32.0. The lowest BCUT2D eigenvalue weighted by Gasteiger charge is -2.12. The van der Waals surface area contributed by atoms with Crippen LogP contribution in [-0.2, 0) is 26.6 Å². The number of sulfonamides is 1. The van der Waals surface area contributed by atoms with Gasteiger partial charge in [-0.2, -0.15) is 4.72 Å². The van der Waals surface area contributed by atoms with E-state index in [4.69, 9.17) is 5.11 Å². The van der Waals surface area contributed by atoms with Crippen LogP contribution in [0.4, 0.5) is 0 Å². The molecule has 18 heavy (non-hydrogen) atoms. The number of carboxylic acids is 1. The second-order valence-electron chi connectivity index (χ2n) is 3.70. The van der Waals surface area contributed by atoms with Crippen LogP contribution in [0.3, 0.4) is 0 Å². The molecule has 102 valence electrons. The molecule has 9 heteroatoms. The first-order chi connectivity index (χ1) is 8.27. The largest absolute Gasteiger partial charge is 0.480 e. The number of aryl methyl sites for hydroxylation is 2. The molecule has 2 N–H and O–H groups in total. The van der Waals surface area contributed by atoms with Crippen molar-refractivity contribution < 1.29 is 23.1 Å². The molecule has 0 amide bonds. The first-order valence-electron chi connectivity index (χ1n) is 5.02. The molecule has 8 nitrogen and oxygen atoms in total. The van der Waals surface area contributed by atoms with Crippen molar-refractivity contribution in [2.24, 2.45) is 7.05 Å². The molecule has 0 bridgehead atoms. The molecule has 0 aliphatic carbocycles. The molecular weight excluding hydrogens is 262 g/mol. The molecule has 0 aromatic carbocycles. The zero-order chi connectivity index (χ0) is 13.9. The Morgan fingerprint density at radius 1 is 1.67 bits per heavy atom. The van der Waals surface area contributed by atoms with Crippen LogP contribution in [0.5, 0.6) is 0 Å². The molecule has 1 atom stereocenters. The van der Waals surface area contributed by atoms with Gasteiger partial charge in [-0.3, -0.25) is 4.79 Å². The van der Waals surface area contributed by atoms with E-state index in [2.05, 4.69) is 9.72 Å². The summed E-state index contributed by atoms with van der Waals surface area (Å²) in [5.74, 6) is -0.804. The predicted molar refractivity (Wildman–Crippen MR) is 61.6 cm³/mol. The minimum absolute atomic E-state index is 0.218. The molecule has 0 aliphatic rings. The van der Waals surface area contributed by atoms with Crippen molar-refractivity contribution in [3.05, 3.63) is 12.0 Å². The van der Waals surface area contributed by atoms with Gasteiger partial charge in [0.15, 0.2) is 5.03 Å². The van der Waals surface area contributed by atoms with Crippen LogP contribution >= 0.6 is 0 Å². The van der Waals surface area contributed by atoms with Gasteiger partial charge in [0.05, 0.1) is 6.61 Å². The molecule has 1 aromatic rings. The van der Waals surface area contributed by atoms with Gasteiger partial charge in [-0.25, -0.2) is 13.4 Å². The second-order valence-corrected chi connectivity index (χ2v) is 5.37. The third-order valence-electron chi connectivity index (χ3n) is 2.29. The Bertz CT molecular complexity index is 517. The Balaban J connectivity index is 2.96. The number of aromatic nitrogens is 2. The van der Waals surface area contributed by atoms with Crippen LogP contribution in [0.2, 0.25) is 0 Å². The summed E-state index contributed by atoms with van der Waals surface area (Å²) in [6.07, 6.45) is 1.31. The molecular formula is C9H15N3O5S. The molecule has 1 rings (SSSR count). The molecule has 0 saturated heterocycles. The van der Waals surface area contributed by atoms with E-state index in [1.54, 1.807) is 14.0 Å². The quantitative estimate of drug-likeness (QED) is 0.697. The van der Waals surface area contributed by atoms with Crippen LogP contribution in [-0.4, -0.2) is 48.8 Å². The minimum atomic E-state index is -3.97. The van der Waals surface area contributed by atoms with Gasteiger partial charge in [0.25, 0.3) is 10.0 Å². The van der Waals surface area contributed by atoms with Crippen LogP contribution in [0.1, 0.15) is 5.82 Å². The highest BCUT2D eigenvalue weighted by atomic mass is 32.2. The van der Waals surface area contributed by atoms with E-state index in [-0.39, 0.29) is 11.6 Å². The number of nitrogens with one attached hydrogen (secondary N) is 1. The van der Waals surface area contributed by atoms with Gasteiger partial charge < -0.3 is 14.4 Å². The monoisotopic (exact) mass is 277 g/mol. The van der Waals surface area contributed by atoms with Gasteiger partial charge in [0.1, 0.15) is 11.9 Å². The van der Waals surface area contributed by atoms with Crippen molar-refractivity contribution in [2.75, 3.05) is 13.7 Å². The number of hydrogen-bond acceptors (Lipinski definition) is 5. The summed E-state index contributed by atoms with van der Waals surface area (Å²) in [6, 6.07) is -1.35. The summed E-state index contributed by atoms with van der Waals surface area (Å²) in [6.45, 7) is 1.38. The van der Waals surface area contributed by atoms with Crippen molar-refractivity contribution in [3.8, 4) is 0 Å². The fraction of sp³-hybridized carbons (Fsp3) is 0.556. The van der Waals surface area contributed by atoms with Gasteiger partial charge in [-0.15, -0.1) is 0 Å². The third-order valence-corrected chi connectivity index (χ3v) is 3.63. The summed E-state index contributed by atoms with van der Waals surface area (Å²) >= 11 is 0. The van der Waals surface area contributed by atoms with E-state index >= 15 is 0 Å². The number of nitrogens with zero attached hydrogens (tertiary/aromatic N) is 2. The Kier molecular flexibility index (Phi) is 4.43. The number of rotatable bonds is 6.